The average molecular weight is 299 g/mol. The number of amides is 1. The van der Waals surface area contributed by atoms with Crippen LogP contribution in [0.3, 0.4) is 0 Å². The van der Waals surface area contributed by atoms with Crippen LogP contribution in [0.2, 0.25) is 0 Å². The minimum atomic E-state index is 0.165. The molecule has 1 aromatic heterocycles. The van der Waals surface area contributed by atoms with Crippen molar-refractivity contribution in [2.24, 2.45) is 0 Å². The predicted molar refractivity (Wildman–Crippen MR) is 84.9 cm³/mol. The molecule has 1 N–H and O–H groups in total. The summed E-state index contributed by atoms with van der Waals surface area (Å²) in [5, 5.41) is 6.75. The first-order valence-corrected chi connectivity index (χ1v) is 8.16. The molecule has 0 radical (unpaired) electrons. The number of rotatable bonds is 2. The second kappa shape index (κ2) is 4.93. The fraction of sp³-hybridized carbons (Fsp3) is 0.375. The third-order valence-electron chi connectivity index (χ3n) is 4.38. The van der Waals surface area contributed by atoms with Crippen LogP contribution in [0.1, 0.15) is 22.9 Å². The van der Waals surface area contributed by atoms with Gasteiger partial charge in [0.1, 0.15) is 0 Å². The van der Waals surface area contributed by atoms with E-state index in [1.54, 1.807) is 16.2 Å². The Labute approximate surface area is 127 Å². The Bertz CT molecular complexity index is 703. The number of nitrogens with zero attached hydrogens (tertiary/aromatic N) is 2. The van der Waals surface area contributed by atoms with E-state index in [9.17, 15) is 4.79 Å². The Morgan fingerprint density at radius 2 is 2.33 bits per heavy atom. The zero-order valence-corrected chi connectivity index (χ0v) is 12.7. The van der Waals surface area contributed by atoms with Crippen molar-refractivity contribution in [3.8, 4) is 11.3 Å². The van der Waals surface area contributed by atoms with Gasteiger partial charge in [0.15, 0.2) is 0 Å². The molecule has 1 aromatic carbocycles. The number of thiazole rings is 1. The number of anilines is 1. The Kier molecular flexibility index (Phi) is 3.05. The molecule has 1 saturated heterocycles. The molecule has 2 aromatic rings. The van der Waals surface area contributed by atoms with Crippen LogP contribution in [-0.2, 0) is 11.2 Å². The molecule has 0 spiro atoms. The van der Waals surface area contributed by atoms with Gasteiger partial charge in [0.25, 0.3) is 0 Å². The number of benzene rings is 1. The van der Waals surface area contributed by atoms with E-state index in [0.29, 0.717) is 12.3 Å². The van der Waals surface area contributed by atoms with Crippen molar-refractivity contribution in [1.82, 2.24) is 10.3 Å². The number of aromatic nitrogens is 1. The highest BCUT2D eigenvalue weighted by Gasteiger charge is 2.25. The highest BCUT2D eigenvalue weighted by atomic mass is 32.1. The first-order chi connectivity index (χ1) is 10.2. The van der Waals surface area contributed by atoms with Gasteiger partial charge in [-0.05, 0) is 30.7 Å². The minimum absolute atomic E-state index is 0.165. The van der Waals surface area contributed by atoms with Crippen LogP contribution in [0.25, 0.3) is 11.3 Å². The summed E-state index contributed by atoms with van der Waals surface area (Å²) in [6.07, 6.45) is 1.68. The molecule has 1 atom stereocenters. The molecule has 4 nitrogen and oxygen atoms in total. The van der Waals surface area contributed by atoms with Crippen LogP contribution in [0.5, 0.6) is 0 Å². The van der Waals surface area contributed by atoms with Crippen molar-refractivity contribution < 1.29 is 4.79 Å². The minimum Gasteiger partial charge on any atom is -0.316 e. The summed E-state index contributed by atoms with van der Waals surface area (Å²) in [6, 6.07) is 6.22. The van der Waals surface area contributed by atoms with E-state index in [1.165, 1.54) is 11.4 Å². The molecule has 1 unspecified atom stereocenters. The van der Waals surface area contributed by atoms with Crippen molar-refractivity contribution in [2.75, 3.05) is 25.0 Å². The molecule has 3 heterocycles. The predicted octanol–water partition coefficient (Wildman–Crippen LogP) is 2.41. The maximum Gasteiger partial charge on any atom is 0.231 e. The molecule has 1 amide bonds. The first-order valence-electron chi connectivity index (χ1n) is 7.28. The van der Waals surface area contributed by atoms with Crippen molar-refractivity contribution in [1.29, 1.82) is 0 Å². The standard InChI is InChI=1S/C16H17N3OS/c1-19-14-3-2-10(6-12(14)7-15(19)20)13-9-21-16(18-13)11-4-5-17-8-11/h2-3,6,9,11,17H,4-5,7-8H2,1H3. The topological polar surface area (TPSA) is 45.2 Å². The lowest BCUT2D eigenvalue weighted by Crippen LogP contribution is -2.20. The number of carbonyl (C=O) groups is 1. The number of hydrogen-bond donors (Lipinski definition) is 1. The average Bonchev–Trinajstić information content (AvgIpc) is 3.20. The molecule has 5 heteroatoms. The van der Waals surface area contributed by atoms with E-state index in [1.807, 2.05) is 13.1 Å². The van der Waals surface area contributed by atoms with Crippen LogP contribution < -0.4 is 10.2 Å². The van der Waals surface area contributed by atoms with Crippen LogP contribution in [0.15, 0.2) is 23.6 Å². The van der Waals surface area contributed by atoms with Gasteiger partial charge in [-0.2, -0.15) is 0 Å². The monoisotopic (exact) mass is 299 g/mol. The number of hydrogen-bond acceptors (Lipinski definition) is 4. The fourth-order valence-electron chi connectivity index (χ4n) is 3.10. The largest absolute Gasteiger partial charge is 0.316 e. The summed E-state index contributed by atoms with van der Waals surface area (Å²) in [4.78, 5) is 18.3. The van der Waals surface area contributed by atoms with Gasteiger partial charge < -0.3 is 10.2 Å². The molecular formula is C16H17N3OS. The third-order valence-corrected chi connectivity index (χ3v) is 5.39. The van der Waals surface area contributed by atoms with E-state index in [-0.39, 0.29) is 5.91 Å². The lowest BCUT2D eigenvalue weighted by molar-refractivity contribution is -0.117. The second-order valence-corrected chi connectivity index (χ2v) is 6.62. The summed E-state index contributed by atoms with van der Waals surface area (Å²) >= 11 is 1.75. The van der Waals surface area contributed by atoms with Crippen LogP contribution in [0.4, 0.5) is 5.69 Å². The van der Waals surface area contributed by atoms with E-state index < -0.39 is 0 Å². The quantitative estimate of drug-likeness (QED) is 0.926. The molecule has 2 aliphatic rings. The molecule has 21 heavy (non-hydrogen) atoms. The van der Waals surface area contributed by atoms with Crippen molar-refractivity contribution in [3.63, 3.8) is 0 Å². The lowest BCUT2D eigenvalue weighted by Gasteiger charge is -2.10. The molecule has 0 aliphatic carbocycles. The molecule has 4 rings (SSSR count). The Morgan fingerprint density at radius 1 is 1.43 bits per heavy atom. The van der Waals surface area contributed by atoms with Gasteiger partial charge in [-0.3, -0.25) is 4.79 Å². The summed E-state index contributed by atoms with van der Waals surface area (Å²) in [5.74, 6) is 0.726. The molecule has 1 fully saturated rings. The fourth-order valence-corrected chi connectivity index (χ4v) is 4.07. The number of likely N-dealkylation sites (N-methyl/N-ethyl adjacent to an activating group) is 1. The van der Waals surface area contributed by atoms with E-state index in [0.717, 1.165) is 35.6 Å². The van der Waals surface area contributed by atoms with Gasteiger partial charge in [-0.25, -0.2) is 4.98 Å². The SMILES string of the molecule is CN1C(=O)Cc2cc(-c3csc(C4CCNC4)n3)ccc21. The number of carbonyl (C=O) groups excluding carboxylic acids is 1. The normalized spacial score (nSPS) is 21.1. The molecular weight excluding hydrogens is 282 g/mol. The van der Waals surface area contributed by atoms with Gasteiger partial charge in [0.05, 0.1) is 17.1 Å². The molecule has 0 saturated carbocycles. The molecule has 0 bridgehead atoms. The highest BCUT2D eigenvalue weighted by molar-refractivity contribution is 7.10. The van der Waals surface area contributed by atoms with Crippen molar-refractivity contribution in [3.05, 3.63) is 34.2 Å². The second-order valence-electron chi connectivity index (χ2n) is 5.73. The zero-order valence-electron chi connectivity index (χ0n) is 11.9. The molecule has 2 aliphatic heterocycles. The maximum absolute atomic E-state index is 11.8. The maximum atomic E-state index is 11.8. The van der Waals surface area contributed by atoms with Crippen LogP contribution >= 0.6 is 11.3 Å². The van der Waals surface area contributed by atoms with Crippen LogP contribution in [-0.4, -0.2) is 31.0 Å². The van der Waals surface area contributed by atoms with Gasteiger partial charge in [0.2, 0.25) is 5.91 Å². The summed E-state index contributed by atoms with van der Waals surface area (Å²) in [5.41, 5.74) is 4.29. The smallest absolute Gasteiger partial charge is 0.231 e. The van der Waals surface area contributed by atoms with Gasteiger partial charge in [0, 0.05) is 36.1 Å². The Balaban J connectivity index is 1.65. The van der Waals surface area contributed by atoms with E-state index in [4.69, 9.17) is 4.98 Å². The van der Waals surface area contributed by atoms with E-state index >= 15 is 0 Å². The van der Waals surface area contributed by atoms with Crippen molar-refractivity contribution in [2.45, 2.75) is 18.8 Å². The zero-order chi connectivity index (χ0) is 14.4. The summed E-state index contributed by atoms with van der Waals surface area (Å²) < 4.78 is 0. The first kappa shape index (κ1) is 13.0. The third kappa shape index (κ3) is 2.17. The highest BCUT2D eigenvalue weighted by Crippen LogP contribution is 2.34. The van der Waals surface area contributed by atoms with Crippen LogP contribution in [0, 0.1) is 0 Å². The number of fused-ring (bicyclic) bond motifs is 1. The Morgan fingerprint density at radius 3 is 3.14 bits per heavy atom. The van der Waals surface area contributed by atoms with Gasteiger partial charge in [-0.1, -0.05) is 6.07 Å². The Hall–Kier alpha value is -1.72. The molecule has 108 valence electrons. The lowest BCUT2D eigenvalue weighted by atomic mass is 10.1. The van der Waals surface area contributed by atoms with Gasteiger partial charge >= 0.3 is 0 Å². The summed E-state index contributed by atoms with van der Waals surface area (Å²) in [6.45, 7) is 2.13. The van der Waals surface area contributed by atoms with Crippen molar-refractivity contribution >= 4 is 22.9 Å². The number of nitrogens with one attached hydrogen (secondary N) is 1. The van der Waals surface area contributed by atoms with Gasteiger partial charge in [-0.15, -0.1) is 11.3 Å². The summed E-state index contributed by atoms with van der Waals surface area (Å²) in [7, 11) is 1.84. The van der Waals surface area contributed by atoms with E-state index in [2.05, 4.69) is 22.8 Å².